The molecule has 0 fully saturated rings. The molecule has 0 saturated carbocycles. The van der Waals surface area contributed by atoms with E-state index in [0.717, 1.165) is 5.56 Å². The van der Waals surface area contributed by atoms with Crippen molar-refractivity contribution in [3.63, 3.8) is 0 Å². The molecule has 0 aliphatic heterocycles. The second kappa shape index (κ2) is 6.28. The van der Waals surface area contributed by atoms with Gasteiger partial charge in [-0.25, -0.2) is 4.79 Å². The van der Waals surface area contributed by atoms with Crippen molar-refractivity contribution in [1.82, 2.24) is 4.90 Å². The van der Waals surface area contributed by atoms with E-state index in [9.17, 15) is 9.59 Å². The molecule has 2 aromatic rings. The fourth-order valence-corrected chi connectivity index (χ4v) is 2.59. The largest absolute Gasteiger partial charge is 0.478 e. The van der Waals surface area contributed by atoms with E-state index in [0.29, 0.717) is 11.5 Å². The van der Waals surface area contributed by atoms with Crippen LogP contribution < -0.4 is 0 Å². The predicted molar refractivity (Wildman–Crippen MR) is 86.3 cm³/mol. The molecule has 0 radical (unpaired) electrons. The standard InChI is InChI=1S/C18H21NO4/c1-12-15(16(20)21)10-14(23-12)11-19(4)17(22)18(2,3)13-8-6-5-7-9-13/h5-10H,11H2,1-4H3,(H,20,21). The third-order valence-corrected chi connectivity index (χ3v) is 3.97. The molecule has 5 heteroatoms. The summed E-state index contributed by atoms with van der Waals surface area (Å²) in [6.07, 6.45) is 0. The molecule has 2 rings (SSSR count). The molecule has 1 heterocycles. The van der Waals surface area contributed by atoms with Crippen LogP contribution in [0.3, 0.4) is 0 Å². The summed E-state index contributed by atoms with van der Waals surface area (Å²) in [6, 6.07) is 11.0. The maximum atomic E-state index is 12.8. The fraction of sp³-hybridized carbons (Fsp3) is 0.333. The monoisotopic (exact) mass is 315 g/mol. The minimum Gasteiger partial charge on any atom is -0.478 e. The number of likely N-dealkylation sites (N-methyl/N-ethyl adjacent to an activating group) is 1. The third-order valence-electron chi connectivity index (χ3n) is 3.97. The van der Waals surface area contributed by atoms with Crippen molar-refractivity contribution in [3.05, 3.63) is 59.0 Å². The van der Waals surface area contributed by atoms with Gasteiger partial charge in [-0.05, 0) is 32.4 Å². The van der Waals surface area contributed by atoms with Crippen molar-refractivity contribution in [2.45, 2.75) is 32.7 Å². The summed E-state index contributed by atoms with van der Waals surface area (Å²) in [5.41, 5.74) is 0.384. The van der Waals surface area contributed by atoms with Crippen molar-refractivity contribution < 1.29 is 19.1 Å². The highest BCUT2D eigenvalue weighted by atomic mass is 16.4. The lowest BCUT2D eigenvalue weighted by atomic mass is 9.83. The van der Waals surface area contributed by atoms with Gasteiger partial charge in [-0.1, -0.05) is 30.3 Å². The van der Waals surface area contributed by atoms with Gasteiger partial charge in [0.2, 0.25) is 5.91 Å². The van der Waals surface area contributed by atoms with Crippen LogP contribution in [0.1, 0.15) is 41.3 Å². The van der Waals surface area contributed by atoms with Crippen LogP contribution in [0.15, 0.2) is 40.8 Å². The number of aromatic carboxylic acids is 1. The van der Waals surface area contributed by atoms with Gasteiger partial charge in [-0.3, -0.25) is 4.79 Å². The van der Waals surface area contributed by atoms with Crippen LogP contribution in [0.2, 0.25) is 0 Å². The average molecular weight is 315 g/mol. The molecule has 1 aromatic heterocycles. The number of hydrogen-bond acceptors (Lipinski definition) is 3. The summed E-state index contributed by atoms with van der Waals surface area (Å²) >= 11 is 0. The van der Waals surface area contributed by atoms with Crippen molar-refractivity contribution in [3.8, 4) is 0 Å². The zero-order valence-corrected chi connectivity index (χ0v) is 13.8. The third kappa shape index (κ3) is 3.44. The molecule has 0 aliphatic rings. The molecule has 0 spiro atoms. The van der Waals surface area contributed by atoms with E-state index in [-0.39, 0.29) is 18.0 Å². The molecule has 122 valence electrons. The molecule has 0 saturated heterocycles. The summed E-state index contributed by atoms with van der Waals surface area (Å²) in [5.74, 6) is -0.291. The lowest BCUT2D eigenvalue weighted by Gasteiger charge is -2.29. The Morgan fingerprint density at radius 1 is 1.22 bits per heavy atom. The predicted octanol–water partition coefficient (Wildman–Crippen LogP) is 3.22. The second-order valence-electron chi connectivity index (χ2n) is 6.14. The highest BCUT2D eigenvalue weighted by molar-refractivity contribution is 5.89. The minimum absolute atomic E-state index is 0.0605. The molecule has 1 amide bonds. The minimum atomic E-state index is -1.03. The van der Waals surface area contributed by atoms with Crippen LogP contribution in [0, 0.1) is 6.92 Å². The Hall–Kier alpha value is -2.56. The average Bonchev–Trinajstić information content (AvgIpc) is 2.88. The zero-order chi connectivity index (χ0) is 17.2. The maximum absolute atomic E-state index is 12.8. The SMILES string of the molecule is Cc1oc(CN(C)C(=O)C(C)(C)c2ccccc2)cc1C(=O)O. The Bertz CT molecular complexity index is 716. The molecule has 23 heavy (non-hydrogen) atoms. The number of rotatable bonds is 5. The maximum Gasteiger partial charge on any atom is 0.339 e. The Labute approximate surface area is 135 Å². The van der Waals surface area contributed by atoms with Gasteiger partial charge in [0.25, 0.3) is 0 Å². The number of carbonyl (C=O) groups excluding carboxylic acids is 1. The fourth-order valence-electron chi connectivity index (χ4n) is 2.59. The van der Waals surface area contributed by atoms with E-state index in [2.05, 4.69) is 0 Å². The summed E-state index contributed by atoms with van der Waals surface area (Å²) in [7, 11) is 1.69. The van der Waals surface area contributed by atoms with Gasteiger partial charge in [0.1, 0.15) is 17.1 Å². The number of nitrogens with zero attached hydrogens (tertiary/aromatic N) is 1. The first kappa shape index (κ1) is 16.8. The van der Waals surface area contributed by atoms with Gasteiger partial charge in [0, 0.05) is 7.05 Å². The molecule has 5 nitrogen and oxygen atoms in total. The number of amides is 1. The van der Waals surface area contributed by atoms with E-state index >= 15 is 0 Å². The Kier molecular flexibility index (Phi) is 4.59. The molecule has 0 bridgehead atoms. The van der Waals surface area contributed by atoms with Crippen LogP contribution in [-0.4, -0.2) is 28.9 Å². The van der Waals surface area contributed by atoms with Crippen LogP contribution in [0.4, 0.5) is 0 Å². The number of benzene rings is 1. The van der Waals surface area contributed by atoms with Gasteiger partial charge < -0.3 is 14.4 Å². The summed E-state index contributed by atoms with van der Waals surface area (Å²) in [6.45, 7) is 5.57. The number of furan rings is 1. The van der Waals surface area contributed by atoms with Crippen molar-refractivity contribution in [2.75, 3.05) is 7.05 Å². The van der Waals surface area contributed by atoms with E-state index < -0.39 is 11.4 Å². The Balaban J connectivity index is 2.17. The molecule has 1 N–H and O–H groups in total. The lowest BCUT2D eigenvalue weighted by molar-refractivity contribution is -0.135. The summed E-state index contributed by atoms with van der Waals surface area (Å²) < 4.78 is 5.44. The van der Waals surface area contributed by atoms with Crippen LogP contribution >= 0.6 is 0 Å². The second-order valence-corrected chi connectivity index (χ2v) is 6.14. The summed E-state index contributed by atoms with van der Waals surface area (Å²) in [4.78, 5) is 25.4. The van der Waals surface area contributed by atoms with E-state index in [1.165, 1.54) is 6.07 Å². The first-order valence-electron chi connectivity index (χ1n) is 7.37. The van der Waals surface area contributed by atoms with Crippen LogP contribution in [-0.2, 0) is 16.8 Å². The number of carboxylic acid groups (broad SMARTS) is 1. The van der Waals surface area contributed by atoms with Gasteiger partial charge >= 0.3 is 5.97 Å². The topological polar surface area (TPSA) is 70.8 Å². The van der Waals surface area contributed by atoms with Gasteiger partial charge in [0.15, 0.2) is 0 Å². The Morgan fingerprint density at radius 2 is 1.83 bits per heavy atom. The normalized spacial score (nSPS) is 11.3. The highest BCUT2D eigenvalue weighted by Crippen LogP contribution is 2.26. The number of hydrogen-bond donors (Lipinski definition) is 1. The van der Waals surface area contributed by atoms with Gasteiger partial charge in [-0.2, -0.15) is 0 Å². The van der Waals surface area contributed by atoms with Crippen molar-refractivity contribution in [2.24, 2.45) is 0 Å². The van der Waals surface area contributed by atoms with E-state index in [4.69, 9.17) is 9.52 Å². The van der Waals surface area contributed by atoms with Gasteiger partial charge in [-0.15, -0.1) is 0 Å². The molecule has 0 unspecified atom stereocenters. The molecule has 0 atom stereocenters. The lowest BCUT2D eigenvalue weighted by Crippen LogP contribution is -2.40. The van der Waals surface area contributed by atoms with E-state index in [1.807, 2.05) is 44.2 Å². The number of carboxylic acids is 1. The van der Waals surface area contributed by atoms with Gasteiger partial charge in [0.05, 0.1) is 12.0 Å². The number of aryl methyl sites for hydroxylation is 1. The zero-order valence-electron chi connectivity index (χ0n) is 13.8. The number of carbonyl (C=O) groups is 2. The smallest absolute Gasteiger partial charge is 0.339 e. The summed E-state index contributed by atoms with van der Waals surface area (Å²) in [5, 5.41) is 9.06. The first-order chi connectivity index (χ1) is 10.7. The van der Waals surface area contributed by atoms with Crippen LogP contribution in [0.25, 0.3) is 0 Å². The highest BCUT2D eigenvalue weighted by Gasteiger charge is 2.32. The molecule has 1 aromatic carbocycles. The van der Waals surface area contributed by atoms with E-state index in [1.54, 1.807) is 18.9 Å². The molecule has 0 aliphatic carbocycles. The Morgan fingerprint density at radius 3 is 2.35 bits per heavy atom. The van der Waals surface area contributed by atoms with Crippen molar-refractivity contribution in [1.29, 1.82) is 0 Å². The molecular formula is C18H21NO4. The quantitative estimate of drug-likeness (QED) is 0.919. The van der Waals surface area contributed by atoms with Crippen molar-refractivity contribution >= 4 is 11.9 Å². The molecular weight excluding hydrogens is 294 g/mol. The first-order valence-corrected chi connectivity index (χ1v) is 7.37. The van der Waals surface area contributed by atoms with Crippen LogP contribution in [0.5, 0.6) is 0 Å².